The fraction of sp³-hybridized carbons (Fsp3) is 0.222. The number of hydrogen-bond acceptors (Lipinski definition) is 3. The van der Waals surface area contributed by atoms with Crippen molar-refractivity contribution in [3.63, 3.8) is 0 Å². The summed E-state index contributed by atoms with van der Waals surface area (Å²) in [5, 5.41) is 18.6. The lowest BCUT2D eigenvalue weighted by atomic mass is 10.0. The number of benzene rings is 1. The zero-order valence-corrected chi connectivity index (χ0v) is 9.90. The second-order valence-electron chi connectivity index (χ2n) is 2.79. The summed E-state index contributed by atoms with van der Waals surface area (Å²) >= 11 is 11.5. The summed E-state index contributed by atoms with van der Waals surface area (Å²) in [6.45, 7) is 0. The van der Waals surface area contributed by atoms with Crippen molar-refractivity contribution < 1.29 is 5.11 Å². The van der Waals surface area contributed by atoms with Crippen molar-refractivity contribution in [3.05, 3.63) is 27.7 Å². The maximum Gasteiger partial charge on any atom is 0.123 e. The first-order valence-corrected chi connectivity index (χ1v) is 4.62. The largest absolute Gasteiger partial charge is 0.508 e. The average Bonchev–Trinajstić information content (AvgIpc) is 2.01. The minimum absolute atomic E-state index is 0. The van der Waals surface area contributed by atoms with Crippen LogP contribution in [0.1, 0.15) is 18.0 Å². The van der Waals surface area contributed by atoms with Crippen molar-refractivity contribution in [1.82, 2.24) is 0 Å². The summed E-state index contributed by atoms with van der Waals surface area (Å²) in [5.74, 6) is -0.0785. The number of phenolic OH excluding ortho intramolecular Hbond substituents is 1. The van der Waals surface area contributed by atoms with E-state index in [-0.39, 0.29) is 29.6 Å². The van der Waals surface area contributed by atoms with Gasteiger partial charge in [-0.2, -0.15) is 5.26 Å². The van der Waals surface area contributed by atoms with Gasteiger partial charge in [-0.25, -0.2) is 0 Å². The molecule has 0 aromatic heterocycles. The molecule has 0 saturated heterocycles. The molecule has 0 fully saturated rings. The number of phenols is 1. The van der Waals surface area contributed by atoms with Crippen molar-refractivity contribution in [2.75, 3.05) is 0 Å². The number of nitrogens with zero attached hydrogens (tertiary/aromatic N) is 1. The normalized spacial score (nSPS) is 11.3. The quantitative estimate of drug-likeness (QED) is 0.865. The Bertz CT molecular complexity index is 366. The first-order chi connectivity index (χ1) is 6.56. The molecule has 0 aliphatic heterocycles. The van der Waals surface area contributed by atoms with Gasteiger partial charge in [0.25, 0.3) is 0 Å². The fourth-order valence-corrected chi connectivity index (χ4v) is 1.76. The number of rotatable bonds is 2. The minimum Gasteiger partial charge on any atom is -0.508 e. The third-order valence-corrected chi connectivity index (χ3v) is 2.29. The van der Waals surface area contributed by atoms with E-state index in [9.17, 15) is 5.11 Å². The fourth-order valence-electron chi connectivity index (χ4n) is 1.14. The molecule has 0 spiro atoms. The smallest absolute Gasteiger partial charge is 0.123 e. The van der Waals surface area contributed by atoms with Crippen molar-refractivity contribution in [2.24, 2.45) is 5.73 Å². The Labute approximate surface area is 104 Å². The van der Waals surface area contributed by atoms with E-state index >= 15 is 0 Å². The van der Waals surface area contributed by atoms with E-state index in [1.165, 1.54) is 12.1 Å². The van der Waals surface area contributed by atoms with Crippen LogP contribution in [0.4, 0.5) is 0 Å². The predicted molar refractivity (Wildman–Crippen MR) is 62.5 cm³/mol. The van der Waals surface area contributed by atoms with Crippen molar-refractivity contribution in [2.45, 2.75) is 12.5 Å². The zero-order chi connectivity index (χ0) is 10.7. The molecule has 0 heterocycles. The van der Waals surface area contributed by atoms with E-state index in [2.05, 4.69) is 0 Å². The molecular weight excluding hydrogens is 258 g/mol. The number of halogens is 3. The molecule has 15 heavy (non-hydrogen) atoms. The third kappa shape index (κ3) is 3.44. The molecule has 0 aliphatic rings. The Kier molecular flexibility index (Phi) is 5.77. The van der Waals surface area contributed by atoms with Crippen LogP contribution in [0.3, 0.4) is 0 Å². The van der Waals surface area contributed by atoms with E-state index in [0.717, 1.165) is 0 Å². The summed E-state index contributed by atoms with van der Waals surface area (Å²) < 4.78 is 0. The Morgan fingerprint density at radius 1 is 1.47 bits per heavy atom. The van der Waals surface area contributed by atoms with Gasteiger partial charge in [-0.1, -0.05) is 23.2 Å². The summed E-state index contributed by atoms with van der Waals surface area (Å²) in [5.41, 5.74) is 6.01. The molecule has 1 atom stereocenters. The molecule has 0 amide bonds. The summed E-state index contributed by atoms with van der Waals surface area (Å²) in [4.78, 5) is 0. The van der Waals surface area contributed by atoms with E-state index in [1.807, 2.05) is 6.07 Å². The van der Waals surface area contributed by atoms with Crippen LogP contribution in [0, 0.1) is 11.3 Å². The molecule has 0 bridgehead atoms. The number of nitriles is 1. The lowest BCUT2D eigenvalue weighted by Gasteiger charge is -2.12. The SMILES string of the molecule is Cl.N#CC[C@@H](N)c1c(O)cc(Cl)cc1Cl. The van der Waals surface area contributed by atoms with Crippen LogP contribution in [0.2, 0.25) is 10.0 Å². The van der Waals surface area contributed by atoms with Gasteiger partial charge in [0.1, 0.15) is 5.75 Å². The van der Waals surface area contributed by atoms with Gasteiger partial charge in [0.2, 0.25) is 0 Å². The lowest BCUT2D eigenvalue weighted by Crippen LogP contribution is -2.10. The number of nitrogens with two attached hydrogens (primary N) is 1. The van der Waals surface area contributed by atoms with E-state index in [1.54, 1.807) is 0 Å². The van der Waals surface area contributed by atoms with E-state index in [4.69, 9.17) is 34.2 Å². The molecule has 0 saturated carbocycles. The average molecular weight is 268 g/mol. The second-order valence-corrected chi connectivity index (χ2v) is 3.63. The van der Waals surface area contributed by atoms with Crippen LogP contribution < -0.4 is 5.73 Å². The minimum atomic E-state index is -0.593. The molecule has 3 nitrogen and oxygen atoms in total. The maximum absolute atomic E-state index is 9.51. The molecule has 1 aromatic carbocycles. The molecule has 0 unspecified atom stereocenters. The Balaban J connectivity index is 0.00000196. The van der Waals surface area contributed by atoms with Gasteiger partial charge < -0.3 is 10.8 Å². The monoisotopic (exact) mass is 266 g/mol. The number of hydrogen-bond donors (Lipinski definition) is 2. The molecule has 1 aromatic rings. The zero-order valence-electron chi connectivity index (χ0n) is 7.58. The van der Waals surface area contributed by atoms with Gasteiger partial charge in [-0.3, -0.25) is 0 Å². The van der Waals surface area contributed by atoms with Crippen molar-refractivity contribution in [3.8, 4) is 11.8 Å². The second kappa shape index (κ2) is 6.04. The molecule has 6 heteroatoms. The van der Waals surface area contributed by atoms with Gasteiger partial charge in [0.05, 0.1) is 17.5 Å². The van der Waals surface area contributed by atoms with Crippen LogP contribution >= 0.6 is 35.6 Å². The highest BCUT2D eigenvalue weighted by Gasteiger charge is 2.15. The summed E-state index contributed by atoms with van der Waals surface area (Å²) in [6, 6.07) is 4.14. The predicted octanol–water partition coefficient (Wildman–Crippen LogP) is 3.03. The molecule has 0 radical (unpaired) electrons. The van der Waals surface area contributed by atoms with Gasteiger partial charge in [-0.05, 0) is 12.1 Å². The summed E-state index contributed by atoms with van der Waals surface area (Å²) in [6.07, 6.45) is 0.0922. The first kappa shape index (κ1) is 14.3. The van der Waals surface area contributed by atoms with Gasteiger partial charge in [0.15, 0.2) is 0 Å². The van der Waals surface area contributed by atoms with Crippen LogP contribution in [0.15, 0.2) is 12.1 Å². The highest BCUT2D eigenvalue weighted by Crippen LogP contribution is 2.34. The maximum atomic E-state index is 9.51. The highest BCUT2D eigenvalue weighted by atomic mass is 35.5. The van der Waals surface area contributed by atoms with Gasteiger partial charge >= 0.3 is 0 Å². The van der Waals surface area contributed by atoms with Crippen molar-refractivity contribution in [1.29, 1.82) is 5.26 Å². The van der Waals surface area contributed by atoms with Crippen LogP contribution in [-0.2, 0) is 0 Å². The Morgan fingerprint density at radius 2 is 2.07 bits per heavy atom. The lowest BCUT2D eigenvalue weighted by molar-refractivity contribution is 0.462. The van der Waals surface area contributed by atoms with Gasteiger partial charge in [-0.15, -0.1) is 12.4 Å². The number of aromatic hydroxyl groups is 1. The molecule has 3 N–H and O–H groups in total. The molecular formula is C9H9Cl3N2O. The van der Waals surface area contributed by atoms with Gasteiger partial charge in [0, 0.05) is 16.6 Å². The molecule has 1 rings (SSSR count). The van der Waals surface area contributed by atoms with Crippen LogP contribution in [-0.4, -0.2) is 5.11 Å². The van der Waals surface area contributed by atoms with E-state index in [0.29, 0.717) is 10.6 Å². The van der Waals surface area contributed by atoms with Crippen LogP contribution in [0.25, 0.3) is 0 Å². The first-order valence-electron chi connectivity index (χ1n) is 3.86. The topological polar surface area (TPSA) is 70.0 Å². The standard InChI is InChI=1S/C9H8Cl2N2O.ClH/c10-5-3-6(11)9(8(14)4-5)7(13)1-2-12;/h3-4,7,14H,1,13H2;1H/t7-;/m1./s1. The highest BCUT2D eigenvalue weighted by molar-refractivity contribution is 6.35. The summed E-state index contributed by atoms with van der Waals surface area (Å²) in [7, 11) is 0. The molecule has 0 aliphatic carbocycles. The molecule has 82 valence electrons. The van der Waals surface area contributed by atoms with Crippen molar-refractivity contribution >= 4 is 35.6 Å². The Morgan fingerprint density at radius 3 is 2.53 bits per heavy atom. The van der Waals surface area contributed by atoms with Crippen LogP contribution in [0.5, 0.6) is 5.75 Å². The third-order valence-electron chi connectivity index (χ3n) is 1.75. The van der Waals surface area contributed by atoms with E-state index < -0.39 is 6.04 Å². The Hall–Kier alpha value is -0.660.